The number of aliphatic hydroxyl groups is 1. The lowest BCUT2D eigenvalue weighted by Crippen LogP contribution is -1.85. The van der Waals surface area contributed by atoms with Crippen molar-refractivity contribution in [1.82, 2.24) is 9.97 Å². The second-order valence-corrected chi connectivity index (χ2v) is 5.34. The SMILES string of the molecule is OCc1ccc(SCc2nc3ccccc3[nH]2)cc1. The third-order valence-electron chi connectivity index (χ3n) is 2.92. The van der Waals surface area contributed by atoms with Gasteiger partial charge in [-0.25, -0.2) is 4.98 Å². The van der Waals surface area contributed by atoms with Crippen LogP contribution in [0.25, 0.3) is 11.0 Å². The summed E-state index contributed by atoms with van der Waals surface area (Å²) in [5.41, 5.74) is 3.02. The highest BCUT2D eigenvalue weighted by Crippen LogP contribution is 2.23. The Morgan fingerprint density at radius 2 is 1.84 bits per heavy atom. The van der Waals surface area contributed by atoms with Crippen molar-refractivity contribution in [3.63, 3.8) is 0 Å². The van der Waals surface area contributed by atoms with Gasteiger partial charge in [-0.15, -0.1) is 11.8 Å². The van der Waals surface area contributed by atoms with Crippen molar-refractivity contribution < 1.29 is 5.11 Å². The number of benzene rings is 2. The maximum absolute atomic E-state index is 9.00. The zero-order valence-corrected chi connectivity index (χ0v) is 11.2. The Morgan fingerprint density at radius 1 is 1.05 bits per heavy atom. The number of imidazole rings is 1. The van der Waals surface area contributed by atoms with Crippen LogP contribution >= 0.6 is 11.8 Å². The number of para-hydroxylation sites is 2. The topological polar surface area (TPSA) is 48.9 Å². The van der Waals surface area contributed by atoms with Crippen molar-refractivity contribution in [1.29, 1.82) is 0 Å². The van der Waals surface area contributed by atoms with Gasteiger partial charge in [0, 0.05) is 4.90 Å². The number of aromatic amines is 1. The van der Waals surface area contributed by atoms with Crippen LogP contribution in [0.5, 0.6) is 0 Å². The number of fused-ring (bicyclic) bond motifs is 1. The van der Waals surface area contributed by atoms with Gasteiger partial charge >= 0.3 is 0 Å². The predicted octanol–water partition coefficient (Wildman–Crippen LogP) is 3.35. The number of thioether (sulfide) groups is 1. The molecule has 3 nitrogen and oxygen atoms in total. The number of H-pyrrole nitrogens is 1. The number of nitrogens with zero attached hydrogens (tertiary/aromatic N) is 1. The number of hydrogen-bond acceptors (Lipinski definition) is 3. The van der Waals surface area contributed by atoms with E-state index in [9.17, 15) is 0 Å². The van der Waals surface area contributed by atoms with Crippen LogP contribution in [0.1, 0.15) is 11.4 Å². The fourth-order valence-corrected chi connectivity index (χ4v) is 2.69. The van der Waals surface area contributed by atoms with Crippen molar-refractivity contribution in [3.8, 4) is 0 Å². The minimum absolute atomic E-state index is 0.0918. The molecule has 0 unspecified atom stereocenters. The normalized spacial score (nSPS) is 11.0. The van der Waals surface area contributed by atoms with E-state index in [1.54, 1.807) is 11.8 Å². The second-order valence-electron chi connectivity index (χ2n) is 4.29. The monoisotopic (exact) mass is 270 g/mol. The molecule has 2 aromatic carbocycles. The smallest absolute Gasteiger partial charge is 0.117 e. The van der Waals surface area contributed by atoms with Gasteiger partial charge in [0.25, 0.3) is 0 Å². The fraction of sp³-hybridized carbons (Fsp3) is 0.133. The van der Waals surface area contributed by atoms with Crippen LogP contribution in [-0.4, -0.2) is 15.1 Å². The van der Waals surface area contributed by atoms with Crippen molar-refractivity contribution in [3.05, 3.63) is 59.9 Å². The molecular weight excluding hydrogens is 256 g/mol. The lowest BCUT2D eigenvalue weighted by atomic mass is 10.2. The Morgan fingerprint density at radius 3 is 2.58 bits per heavy atom. The molecule has 1 heterocycles. The minimum Gasteiger partial charge on any atom is -0.392 e. The zero-order valence-electron chi connectivity index (χ0n) is 10.3. The quantitative estimate of drug-likeness (QED) is 0.715. The van der Waals surface area contributed by atoms with E-state index in [0.29, 0.717) is 0 Å². The highest BCUT2D eigenvalue weighted by atomic mass is 32.2. The van der Waals surface area contributed by atoms with E-state index in [1.165, 1.54) is 4.90 Å². The highest BCUT2D eigenvalue weighted by Gasteiger charge is 2.02. The Labute approximate surface area is 115 Å². The Kier molecular flexibility index (Phi) is 3.53. The lowest BCUT2D eigenvalue weighted by Gasteiger charge is -2.00. The van der Waals surface area contributed by atoms with Crippen molar-refractivity contribution in [2.45, 2.75) is 17.3 Å². The van der Waals surface area contributed by atoms with Crippen molar-refractivity contribution in [2.24, 2.45) is 0 Å². The molecule has 0 atom stereocenters. The summed E-state index contributed by atoms with van der Waals surface area (Å²) in [6.45, 7) is 0.0918. The van der Waals surface area contributed by atoms with E-state index in [-0.39, 0.29) is 6.61 Å². The molecule has 0 fully saturated rings. The maximum Gasteiger partial charge on any atom is 0.117 e. The van der Waals surface area contributed by atoms with Crippen LogP contribution in [0.4, 0.5) is 0 Å². The maximum atomic E-state index is 9.00. The molecule has 96 valence electrons. The molecule has 0 saturated carbocycles. The average Bonchev–Trinajstić information content (AvgIpc) is 2.88. The number of nitrogens with one attached hydrogen (secondary N) is 1. The molecule has 3 aromatic rings. The van der Waals surface area contributed by atoms with Crippen LogP contribution < -0.4 is 0 Å². The number of aliphatic hydroxyl groups excluding tert-OH is 1. The van der Waals surface area contributed by atoms with Gasteiger partial charge in [-0.3, -0.25) is 0 Å². The summed E-state index contributed by atoms with van der Waals surface area (Å²) in [4.78, 5) is 9.04. The third kappa shape index (κ3) is 2.80. The van der Waals surface area contributed by atoms with Crippen LogP contribution in [-0.2, 0) is 12.4 Å². The summed E-state index contributed by atoms with van der Waals surface area (Å²) >= 11 is 1.73. The summed E-state index contributed by atoms with van der Waals surface area (Å²) in [7, 11) is 0. The largest absolute Gasteiger partial charge is 0.392 e. The molecule has 0 aliphatic heterocycles. The first-order chi connectivity index (χ1) is 9.35. The summed E-state index contributed by atoms with van der Waals surface area (Å²) in [6.07, 6.45) is 0. The first-order valence-corrected chi connectivity index (χ1v) is 7.10. The van der Waals surface area contributed by atoms with E-state index in [1.807, 2.05) is 48.5 Å². The van der Waals surface area contributed by atoms with E-state index >= 15 is 0 Å². The molecule has 0 saturated heterocycles. The zero-order chi connectivity index (χ0) is 13.1. The van der Waals surface area contributed by atoms with Crippen molar-refractivity contribution >= 4 is 22.8 Å². The van der Waals surface area contributed by atoms with Gasteiger partial charge in [0.2, 0.25) is 0 Å². The third-order valence-corrected chi connectivity index (χ3v) is 3.94. The van der Waals surface area contributed by atoms with Crippen LogP contribution in [0, 0.1) is 0 Å². The Hall–Kier alpha value is -1.78. The predicted molar refractivity (Wildman–Crippen MR) is 78.0 cm³/mol. The molecule has 0 aliphatic carbocycles. The standard InChI is InChI=1S/C15H14N2OS/c18-9-11-5-7-12(8-6-11)19-10-15-16-13-3-1-2-4-14(13)17-15/h1-8,18H,9-10H2,(H,16,17). The summed E-state index contributed by atoms with van der Waals surface area (Å²) in [6, 6.07) is 16.0. The molecule has 1 aromatic heterocycles. The van der Waals surface area contributed by atoms with Gasteiger partial charge in [-0.1, -0.05) is 24.3 Å². The van der Waals surface area contributed by atoms with E-state index in [4.69, 9.17) is 5.11 Å². The molecule has 0 radical (unpaired) electrons. The molecular formula is C15H14N2OS. The van der Waals surface area contributed by atoms with Gasteiger partial charge in [-0.2, -0.15) is 0 Å². The van der Waals surface area contributed by atoms with Gasteiger partial charge < -0.3 is 10.1 Å². The molecule has 4 heteroatoms. The molecule has 2 N–H and O–H groups in total. The molecule has 0 bridgehead atoms. The van der Waals surface area contributed by atoms with E-state index in [2.05, 4.69) is 9.97 Å². The molecule has 0 aliphatic rings. The first-order valence-electron chi connectivity index (χ1n) is 6.11. The van der Waals surface area contributed by atoms with Gasteiger partial charge in [-0.05, 0) is 29.8 Å². The van der Waals surface area contributed by atoms with E-state index < -0.39 is 0 Å². The van der Waals surface area contributed by atoms with Gasteiger partial charge in [0.15, 0.2) is 0 Å². The van der Waals surface area contributed by atoms with Crippen molar-refractivity contribution in [2.75, 3.05) is 0 Å². The number of hydrogen-bond donors (Lipinski definition) is 2. The fourth-order valence-electron chi connectivity index (χ4n) is 1.92. The molecule has 19 heavy (non-hydrogen) atoms. The Bertz CT molecular complexity index is 643. The highest BCUT2D eigenvalue weighted by molar-refractivity contribution is 7.98. The first kappa shape index (κ1) is 12.3. The minimum atomic E-state index is 0.0918. The number of aromatic nitrogens is 2. The van der Waals surface area contributed by atoms with E-state index in [0.717, 1.165) is 28.2 Å². The average molecular weight is 270 g/mol. The summed E-state index contributed by atoms with van der Waals surface area (Å²) in [5, 5.41) is 9.00. The Balaban J connectivity index is 1.70. The van der Waals surface area contributed by atoms with Crippen LogP contribution in [0.2, 0.25) is 0 Å². The lowest BCUT2D eigenvalue weighted by molar-refractivity contribution is 0.282. The number of rotatable bonds is 4. The van der Waals surface area contributed by atoms with Gasteiger partial charge in [0.1, 0.15) is 5.82 Å². The van der Waals surface area contributed by atoms with Crippen LogP contribution in [0.15, 0.2) is 53.4 Å². The van der Waals surface area contributed by atoms with Crippen LogP contribution in [0.3, 0.4) is 0 Å². The molecule has 0 spiro atoms. The summed E-state index contributed by atoms with van der Waals surface area (Å²) < 4.78 is 0. The molecule has 0 amide bonds. The summed E-state index contributed by atoms with van der Waals surface area (Å²) in [5.74, 6) is 1.80. The van der Waals surface area contributed by atoms with Gasteiger partial charge in [0.05, 0.1) is 23.4 Å². The second kappa shape index (κ2) is 5.47. The molecule has 3 rings (SSSR count).